The molecule has 0 aliphatic carbocycles. The molecule has 0 bridgehead atoms. The Kier molecular flexibility index (Phi) is 3.13. The van der Waals surface area contributed by atoms with Crippen LogP contribution in [0.1, 0.15) is 12.5 Å². The molecular formula is C11H18N2O. The topological polar surface area (TPSA) is 49.5 Å². The van der Waals surface area contributed by atoms with Crippen LogP contribution < -0.4 is 10.6 Å². The van der Waals surface area contributed by atoms with Gasteiger partial charge < -0.3 is 15.7 Å². The summed E-state index contributed by atoms with van der Waals surface area (Å²) in [6.45, 7) is 1.95. The number of hydrogen-bond donors (Lipinski definition) is 2. The third-order valence-corrected chi connectivity index (χ3v) is 2.38. The summed E-state index contributed by atoms with van der Waals surface area (Å²) < 4.78 is 0. The number of benzene rings is 1. The first kappa shape index (κ1) is 11.0. The molecular weight excluding hydrogens is 176 g/mol. The van der Waals surface area contributed by atoms with Gasteiger partial charge in [-0.15, -0.1) is 0 Å². The fraction of sp³-hybridized carbons (Fsp3) is 0.455. The Labute approximate surface area is 85.2 Å². The van der Waals surface area contributed by atoms with E-state index in [9.17, 15) is 5.11 Å². The number of hydrogen-bond acceptors (Lipinski definition) is 3. The van der Waals surface area contributed by atoms with Gasteiger partial charge in [0, 0.05) is 26.3 Å². The normalized spacial score (nSPS) is 14.9. The van der Waals surface area contributed by atoms with Crippen molar-refractivity contribution in [3.8, 4) is 0 Å². The Morgan fingerprint density at radius 1 is 1.43 bits per heavy atom. The molecule has 3 nitrogen and oxygen atoms in total. The first-order valence-electron chi connectivity index (χ1n) is 4.67. The van der Waals surface area contributed by atoms with E-state index in [4.69, 9.17) is 5.73 Å². The van der Waals surface area contributed by atoms with Gasteiger partial charge in [-0.25, -0.2) is 0 Å². The van der Waals surface area contributed by atoms with Gasteiger partial charge in [-0.3, -0.25) is 0 Å². The molecule has 0 amide bonds. The number of anilines is 1. The molecule has 3 heteroatoms. The molecule has 0 aliphatic heterocycles. The van der Waals surface area contributed by atoms with Gasteiger partial charge in [0.1, 0.15) is 0 Å². The Bertz CT molecular complexity index is 308. The van der Waals surface area contributed by atoms with Crippen LogP contribution in [0.2, 0.25) is 0 Å². The highest BCUT2D eigenvalue weighted by Gasteiger charge is 2.20. The minimum Gasteiger partial charge on any atom is -0.384 e. The number of rotatable bonds is 3. The Morgan fingerprint density at radius 3 is 2.57 bits per heavy atom. The molecule has 0 heterocycles. The summed E-state index contributed by atoms with van der Waals surface area (Å²) in [5, 5.41) is 9.96. The number of nitrogens with two attached hydrogens (primary N) is 1. The molecule has 1 aromatic rings. The molecule has 1 atom stereocenters. The standard InChI is InChI=1S/C11H18N2O/c1-11(14,8-12)9-5-4-6-10(7-9)13(2)3/h4-7,14H,8,12H2,1-3H3. The third kappa shape index (κ3) is 2.25. The Hall–Kier alpha value is -1.06. The van der Waals surface area contributed by atoms with Crippen LogP contribution in [0.25, 0.3) is 0 Å². The van der Waals surface area contributed by atoms with E-state index in [1.54, 1.807) is 6.92 Å². The molecule has 0 spiro atoms. The van der Waals surface area contributed by atoms with Gasteiger partial charge in [-0.1, -0.05) is 12.1 Å². The van der Waals surface area contributed by atoms with E-state index in [-0.39, 0.29) is 6.54 Å². The van der Waals surface area contributed by atoms with E-state index in [0.717, 1.165) is 11.3 Å². The molecule has 78 valence electrons. The monoisotopic (exact) mass is 194 g/mol. The SMILES string of the molecule is CN(C)c1cccc(C(C)(O)CN)c1. The fourth-order valence-electron chi connectivity index (χ4n) is 1.24. The molecule has 1 rings (SSSR count). The Morgan fingerprint density at radius 2 is 2.07 bits per heavy atom. The minimum atomic E-state index is -0.938. The van der Waals surface area contributed by atoms with E-state index in [1.807, 2.05) is 43.3 Å². The quantitative estimate of drug-likeness (QED) is 0.752. The van der Waals surface area contributed by atoms with E-state index < -0.39 is 5.60 Å². The van der Waals surface area contributed by atoms with Crippen molar-refractivity contribution >= 4 is 5.69 Å². The average Bonchev–Trinajstić information content (AvgIpc) is 2.18. The van der Waals surface area contributed by atoms with Crippen molar-refractivity contribution in [1.82, 2.24) is 0 Å². The molecule has 0 saturated carbocycles. The maximum atomic E-state index is 9.96. The van der Waals surface area contributed by atoms with E-state index in [1.165, 1.54) is 0 Å². The highest BCUT2D eigenvalue weighted by molar-refractivity contribution is 5.48. The molecule has 1 aromatic carbocycles. The van der Waals surface area contributed by atoms with E-state index in [2.05, 4.69) is 0 Å². The fourth-order valence-corrected chi connectivity index (χ4v) is 1.24. The summed E-state index contributed by atoms with van der Waals surface area (Å²) in [5.41, 5.74) is 6.48. The lowest BCUT2D eigenvalue weighted by Gasteiger charge is -2.23. The molecule has 0 aliphatic rings. The predicted octanol–water partition coefficient (Wildman–Crippen LogP) is 0.919. The molecule has 0 fully saturated rings. The van der Waals surface area contributed by atoms with Gasteiger partial charge >= 0.3 is 0 Å². The maximum Gasteiger partial charge on any atom is 0.0990 e. The molecule has 0 radical (unpaired) electrons. The van der Waals surface area contributed by atoms with Crippen LogP contribution in [0, 0.1) is 0 Å². The molecule has 14 heavy (non-hydrogen) atoms. The van der Waals surface area contributed by atoms with Crippen molar-refractivity contribution < 1.29 is 5.11 Å². The van der Waals surface area contributed by atoms with Crippen molar-refractivity contribution in [3.05, 3.63) is 29.8 Å². The summed E-state index contributed by atoms with van der Waals surface area (Å²) in [5.74, 6) is 0. The molecule has 1 unspecified atom stereocenters. The van der Waals surface area contributed by atoms with Gasteiger partial charge in [0.25, 0.3) is 0 Å². The smallest absolute Gasteiger partial charge is 0.0990 e. The lowest BCUT2D eigenvalue weighted by atomic mass is 9.96. The van der Waals surface area contributed by atoms with Crippen LogP contribution in [0.5, 0.6) is 0 Å². The maximum absolute atomic E-state index is 9.96. The highest BCUT2D eigenvalue weighted by atomic mass is 16.3. The number of aliphatic hydroxyl groups is 1. The minimum absolute atomic E-state index is 0.226. The predicted molar refractivity (Wildman–Crippen MR) is 59.4 cm³/mol. The molecule has 3 N–H and O–H groups in total. The van der Waals surface area contributed by atoms with Crippen LogP contribution in [-0.4, -0.2) is 25.7 Å². The summed E-state index contributed by atoms with van der Waals surface area (Å²) in [7, 11) is 3.94. The van der Waals surface area contributed by atoms with Crippen molar-refractivity contribution in [2.75, 3.05) is 25.5 Å². The second-order valence-corrected chi connectivity index (χ2v) is 3.92. The van der Waals surface area contributed by atoms with Gasteiger partial charge in [-0.05, 0) is 24.6 Å². The van der Waals surface area contributed by atoms with Crippen LogP contribution in [-0.2, 0) is 5.60 Å². The van der Waals surface area contributed by atoms with Crippen molar-refractivity contribution in [2.45, 2.75) is 12.5 Å². The van der Waals surface area contributed by atoms with E-state index >= 15 is 0 Å². The van der Waals surface area contributed by atoms with Crippen LogP contribution in [0.15, 0.2) is 24.3 Å². The van der Waals surface area contributed by atoms with Gasteiger partial charge in [0.05, 0.1) is 5.60 Å². The van der Waals surface area contributed by atoms with Crippen LogP contribution in [0.3, 0.4) is 0 Å². The van der Waals surface area contributed by atoms with Crippen molar-refractivity contribution in [1.29, 1.82) is 0 Å². The lowest BCUT2D eigenvalue weighted by molar-refractivity contribution is 0.0669. The highest BCUT2D eigenvalue weighted by Crippen LogP contribution is 2.23. The summed E-state index contributed by atoms with van der Waals surface area (Å²) >= 11 is 0. The first-order valence-corrected chi connectivity index (χ1v) is 4.67. The van der Waals surface area contributed by atoms with E-state index in [0.29, 0.717) is 0 Å². The average molecular weight is 194 g/mol. The lowest BCUT2D eigenvalue weighted by Crippen LogP contribution is -2.31. The first-order chi connectivity index (χ1) is 6.47. The molecule has 0 saturated heterocycles. The second-order valence-electron chi connectivity index (χ2n) is 3.92. The Balaban J connectivity index is 3.05. The van der Waals surface area contributed by atoms with Crippen molar-refractivity contribution in [3.63, 3.8) is 0 Å². The summed E-state index contributed by atoms with van der Waals surface area (Å²) in [6.07, 6.45) is 0. The summed E-state index contributed by atoms with van der Waals surface area (Å²) in [4.78, 5) is 2.00. The van der Waals surface area contributed by atoms with Crippen molar-refractivity contribution in [2.24, 2.45) is 5.73 Å². The third-order valence-electron chi connectivity index (χ3n) is 2.38. The zero-order chi connectivity index (χ0) is 10.8. The van der Waals surface area contributed by atoms with Gasteiger partial charge in [-0.2, -0.15) is 0 Å². The summed E-state index contributed by atoms with van der Waals surface area (Å²) in [6, 6.07) is 7.76. The second kappa shape index (κ2) is 3.98. The van der Waals surface area contributed by atoms with Crippen LogP contribution in [0.4, 0.5) is 5.69 Å². The largest absolute Gasteiger partial charge is 0.384 e. The zero-order valence-corrected chi connectivity index (χ0v) is 8.99. The van der Waals surface area contributed by atoms with Gasteiger partial charge in [0.2, 0.25) is 0 Å². The zero-order valence-electron chi connectivity index (χ0n) is 8.99. The number of nitrogens with zero attached hydrogens (tertiary/aromatic N) is 1. The molecule has 0 aromatic heterocycles. The van der Waals surface area contributed by atoms with Gasteiger partial charge in [0.15, 0.2) is 0 Å². The van der Waals surface area contributed by atoms with Crippen LogP contribution >= 0.6 is 0 Å².